The lowest BCUT2D eigenvalue weighted by Gasteiger charge is -2.36. The number of anilines is 1. The van der Waals surface area contributed by atoms with E-state index < -0.39 is 0 Å². The SMILES string of the molecule is CCOC1CC(CC(N)c2ccc3c(c2)NC(=O)CO3)C1. The molecule has 3 rings (SSSR count). The predicted octanol–water partition coefficient (Wildman–Crippen LogP) is 2.22. The lowest BCUT2D eigenvalue weighted by molar-refractivity contribution is -0.118. The molecule has 1 aliphatic heterocycles. The largest absolute Gasteiger partial charge is 0.482 e. The minimum Gasteiger partial charge on any atom is -0.482 e. The summed E-state index contributed by atoms with van der Waals surface area (Å²) in [6, 6.07) is 5.78. The van der Waals surface area contributed by atoms with Crippen LogP contribution >= 0.6 is 0 Å². The number of fused-ring (bicyclic) bond motifs is 1. The van der Waals surface area contributed by atoms with E-state index in [4.69, 9.17) is 15.2 Å². The molecule has 0 bridgehead atoms. The Bertz CT molecular complexity index is 526. The second kappa shape index (κ2) is 6.03. The highest BCUT2D eigenvalue weighted by Crippen LogP contribution is 2.37. The van der Waals surface area contributed by atoms with Crippen molar-refractivity contribution in [3.05, 3.63) is 23.8 Å². The molecule has 0 spiro atoms. The van der Waals surface area contributed by atoms with Gasteiger partial charge in [0.25, 0.3) is 5.91 Å². The molecule has 1 amide bonds. The van der Waals surface area contributed by atoms with Crippen LogP contribution in [0.25, 0.3) is 0 Å². The molecule has 2 aliphatic rings. The average molecular weight is 290 g/mol. The summed E-state index contributed by atoms with van der Waals surface area (Å²) in [4.78, 5) is 11.4. The molecule has 5 heteroatoms. The Kier molecular flexibility index (Phi) is 4.12. The quantitative estimate of drug-likeness (QED) is 0.872. The first-order valence-electron chi connectivity index (χ1n) is 7.59. The van der Waals surface area contributed by atoms with Gasteiger partial charge in [-0.15, -0.1) is 0 Å². The van der Waals surface area contributed by atoms with E-state index in [1.807, 2.05) is 25.1 Å². The minimum absolute atomic E-state index is 0.0123. The van der Waals surface area contributed by atoms with Crippen LogP contribution in [0.15, 0.2) is 18.2 Å². The van der Waals surface area contributed by atoms with E-state index in [0.717, 1.165) is 37.1 Å². The third kappa shape index (κ3) is 3.19. The van der Waals surface area contributed by atoms with E-state index >= 15 is 0 Å². The van der Waals surface area contributed by atoms with Gasteiger partial charge in [-0.05, 0) is 49.8 Å². The molecule has 1 aromatic carbocycles. The Morgan fingerprint density at radius 2 is 2.29 bits per heavy atom. The highest BCUT2D eigenvalue weighted by molar-refractivity contribution is 5.95. The van der Waals surface area contributed by atoms with Crippen LogP contribution in [0.3, 0.4) is 0 Å². The number of hydrogen-bond acceptors (Lipinski definition) is 4. The third-order valence-corrected chi connectivity index (χ3v) is 4.25. The number of carbonyl (C=O) groups excluding carboxylic acids is 1. The number of carbonyl (C=O) groups is 1. The van der Waals surface area contributed by atoms with Crippen LogP contribution in [0, 0.1) is 5.92 Å². The number of nitrogens with two attached hydrogens (primary N) is 1. The van der Waals surface area contributed by atoms with Crippen molar-refractivity contribution in [1.29, 1.82) is 0 Å². The van der Waals surface area contributed by atoms with Crippen molar-refractivity contribution in [3.63, 3.8) is 0 Å². The van der Waals surface area contributed by atoms with Crippen LogP contribution in [0.5, 0.6) is 5.75 Å². The van der Waals surface area contributed by atoms with Crippen LogP contribution in [0.2, 0.25) is 0 Å². The Balaban J connectivity index is 1.59. The molecular formula is C16H22N2O3. The molecule has 0 radical (unpaired) electrons. The molecule has 1 unspecified atom stereocenters. The van der Waals surface area contributed by atoms with Gasteiger partial charge >= 0.3 is 0 Å². The fourth-order valence-electron chi connectivity index (χ4n) is 3.07. The van der Waals surface area contributed by atoms with Crippen molar-refractivity contribution < 1.29 is 14.3 Å². The zero-order valence-electron chi connectivity index (χ0n) is 12.3. The molecule has 5 nitrogen and oxygen atoms in total. The van der Waals surface area contributed by atoms with Gasteiger partial charge in [0.05, 0.1) is 11.8 Å². The molecule has 1 aliphatic carbocycles. The number of rotatable bonds is 5. The second-order valence-electron chi connectivity index (χ2n) is 5.85. The zero-order chi connectivity index (χ0) is 14.8. The molecule has 21 heavy (non-hydrogen) atoms. The van der Waals surface area contributed by atoms with E-state index in [-0.39, 0.29) is 18.6 Å². The number of nitrogens with one attached hydrogen (secondary N) is 1. The van der Waals surface area contributed by atoms with Gasteiger partial charge < -0.3 is 20.5 Å². The standard InChI is InChI=1S/C16H22N2O3/c1-2-20-12-5-10(6-12)7-13(17)11-3-4-15-14(8-11)18-16(19)9-21-15/h3-4,8,10,12-13H,2,5-7,9,17H2,1H3,(H,18,19). The van der Waals surface area contributed by atoms with Gasteiger partial charge in [-0.25, -0.2) is 0 Å². The van der Waals surface area contributed by atoms with Gasteiger partial charge in [0.15, 0.2) is 6.61 Å². The molecular weight excluding hydrogens is 268 g/mol. The maximum atomic E-state index is 11.4. The molecule has 1 aromatic rings. The highest BCUT2D eigenvalue weighted by atomic mass is 16.5. The maximum absolute atomic E-state index is 11.4. The molecule has 1 fully saturated rings. The van der Waals surface area contributed by atoms with Crippen LogP contribution in [0.4, 0.5) is 5.69 Å². The summed E-state index contributed by atoms with van der Waals surface area (Å²) in [6.45, 7) is 2.90. The summed E-state index contributed by atoms with van der Waals surface area (Å²) in [5.41, 5.74) is 8.06. The molecule has 0 aromatic heterocycles. The van der Waals surface area contributed by atoms with E-state index in [9.17, 15) is 4.79 Å². The Hall–Kier alpha value is -1.59. The van der Waals surface area contributed by atoms with Gasteiger partial charge in [0, 0.05) is 12.6 Å². The van der Waals surface area contributed by atoms with E-state index in [1.54, 1.807) is 0 Å². The Morgan fingerprint density at radius 1 is 1.48 bits per heavy atom. The van der Waals surface area contributed by atoms with E-state index in [2.05, 4.69) is 5.32 Å². The monoisotopic (exact) mass is 290 g/mol. The lowest BCUT2D eigenvalue weighted by Crippen LogP contribution is -2.33. The molecule has 114 valence electrons. The van der Waals surface area contributed by atoms with Gasteiger partial charge in [-0.2, -0.15) is 0 Å². The van der Waals surface area contributed by atoms with Crippen molar-refractivity contribution in [2.24, 2.45) is 11.7 Å². The van der Waals surface area contributed by atoms with Crippen molar-refractivity contribution in [1.82, 2.24) is 0 Å². The van der Waals surface area contributed by atoms with Crippen molar-refractivity contribution in [2.75, 3.05) is 18.5 Å². The number of ether oxygens (including phenoxy) is 2. The summed E-state index contributed by atoms with van der Waals surface area (Å²) >= 11 is 0. The van der Waals surface area contributed by atoms with E-state index in [1.165, 1.54) is 0 Å². The first kappa shape index (κ1) is 14.4. The first-order chi connectivity index (χ1) is 10.2. The van der Waals surface area contributed by atoms with Gasteiger partial charge in [0.2, 0.25) is 0 Å². The highest BCUT2D eigenvalue weighted by Gasteiger charge is 2.31. The van der Waals surface area contributed by atoms with Crippen LogP contribution < -0.4 is 15.8 Å². The third-order valence-electron chi connectivity index (χ3n) is 4.25. The second-order valence-corrected chi connectivity index (χ2v) is 5.85. The summed E-state index contributed by atoms with van der Waals surface area (Å²) in [5, 5.41) is 2.82. The minimum atomic E-state index is -0.119. The maximum Gasteiger partial charge on any atom is 0.262 e. The Labute approximate surface area is 124 Å². The van der Waals surface area contributed by atoms with Gasteiger partial charge in [-0.1, -0.05) is 6.07 Å². The van der Waals surface area contributed by atoms with Gasteiger partial charge in [-0.3, -0.25) is 4.79 Å². The van der Waals surface area contributed by atoms with Crippen LogP contribution in [0.1, 0.15) is 37.8 Å². The van der Waals surface area contributed by atoms with Crippen LogP contribution in [-0.2, 0) is 9.53 Å². The first-order valence-corrected chi connectivity index (χ1v) is 7.59. The number of hydrogen-bond donors (Lipinski definition) is 2. The molecule has 1 heterocycles. The Morgan fingerprint density at radius 3 is 3.05 bits per heavy atom. The van der Waals surface area contributed by atoms with Crippen molar-refractivity contribution >= 4 is 11.6 Å². The fraction of sp³-hybridized carbons (Fsp3) is 0.562. The topological polar surface area (TPSA) is 73.6 Å². The number of benzene rings is 1. The predicted molar refractivity (Wildman–Crippen MR) is 80.3 cm³/mol. The summed E-state index contributed by atoms with van der Waals surface area (Å²) in [5.74, 6) is 1.23. The molecule has 3 N–H and O–H groups in total. The number of amides is 1. The van der Waals surface area contributed by atoms with Gasteiger partial charge in [0.1, 0.15) is 5.75 Å². The normalized spacial score (nSPS) is 25.3. The summed E-state index contributed by atoms with van der Waals surface area (Å²) in [7, 11) is 0. The average Bonchev–Trinajstić information content (AvgIpc) is 2.44. The molecule has 1 saturated carbocycles. The summed E-state index contributed by atoms with van der Waals surface area (Å²) < 4.78 is 10.9. The smallest absolute Gasteiger partial charge is 0.262 e. The fourth-order valence-corrected chi connectivity index (χ4v) is 3.07. The van der Waals surface area contributed by atoms with Crippen molar-refractivity contribution in [3.8, 4) is 5.75 Å². The summed E-state index contributed by atoms with van der Waals surface area (Å²) in [6.07, 6.45) is 3.58. The zero-order valence-corrected chi connectivity index (χ0v) is 12.3. The van der Waals surface area contributed by atoms with Crippen molar-refractivity contribution in [2.45, 2.75) is 38.3 Å². The van der Waals surface area contributed by atoms with E-state index in [0.29, 0.717) is 17.8 Å². The lowest BCUT2D eigenvalue weighted by atomic mass is 9.77. The molecule has 1 atom stereocenters. The van der Waals surface area contributed by atoms with Crippen LogP contribution in [-0.4, -0.2) is 25.2 Å². The molecule has 0 saturated heterocycles.